The van der Waals surface area contributed by atoms with E-state index in [1.165, 1.54) is 24.3 Å². The lowest BCUT2D eigenvalue weighted by Gasteiger charge is -2.32. The predicted octanol–water partition coefficient (Wildman–Crippen LogP) is 1.94. The summed E-state index contributed by atoms with van der Waals surface area (Å²) in [5.41, 5.74) is -1.77. The number of aliphatic hydroxyl groups excluding tert-OH is 4. The number of esters is 1. The van der Waals surface area contributed by atoms with Gasteiger partial charge in [0.2, 0.25) is 0 Å². The van der Waals surface area contributed by atoms with Crippen molar-refractivity contribution in [2.24, 2.45) is 11.8 Å². The Morgan fingerprint density at radius 1 is 1.25 bits per heavy atom. The highest BCUT2D eigenvalue weighted by Gasteiger charge is 2.34. The summed E-state index contributed by atoms with van der Waals surface area (Å²) in [5, 5.41) is 50.9. The average molecular weight is 451 g/mol. The Morgan fingerprint density at radius 2 is 2.03 bits per heavy atom. The monoisotopic (exact) mass is 450 g/mol. The summed E-state index contributed by atoms with van der Waals surface area (Å²) in [6, 6.07) is 0. The molecule has 0 unspecified atom stereocenters. The zero-order valence-electron chi connectivity index (χ0n) is 18.8. The molecule has 0 aromatic heterocycles. The van der Waals surface area contributed by atoms with Crippen molar-refractivity contribution in [1.29, 1.82) is 0 Å². The Hall–Kier alpha value is -1.77. The van der Waals surface area contributed by atoms with Gasteiger partial charge in [-0.25, -0.2) is 4.79 Å². The van der Waals surface area contributed by atoms with Gasteiger partial charge in [0.25, 0.3) is 0 Å². The van der Waals surface area contributed by atoms with E-state index in [2.05, 4.69) is 0 Å². The highest BCUT2D eigenvalue weighted by atomic mass is 16.5. The maximum atomic E-state index is 11.6. The molecule has 5 N–H and O–H groups in total. The molecule has 7 heteroatoms. The van der Waals surface area contributed by atoms with E-state index in [-0.39, 0.29) is 31.5 Å². The van der Waals surface area contributed by atoms with Crippen LogP contribution in [0.2, 0.25) is 0 Å². The van der Waals surface area contributed by atoms with Crippen molar-refractivity contribution < 1.29 is 35.1 Å². The first-order valence-corrected chi connectivity index (χ1v) is 11.6. The van der Waals surface area contributed by atoms with Crippen LogP contribution in [0.15, 0.2) is 48.6 Å². The molecule has 0 aromatic rings. The van der Waals surface area contributed by atoms with Gasteiger partial charge in [-0.1, -0.05) is 49.8 Å². The molecule has 1 saturated carbocycles. The number of carbonyl (C=O) groups excluding carboxylic acids is 1. The Morgan fingerprint density at radius 3 is 2.72 bits per heavy atom. The molecule has 2 aliphatic rings. The normalized spacial score (nSPS) is 30.6. The minimum atomic E-state index is -1.77. The van der Waals surface area contributed by atoms with Crippen molar-refractivity contribution >= 4 is 5.97 Å². The van der Waals surface area contributed by atoms with Gasteiger partial charge in [-0.3, -0.25) is 0 Å². The SMILES string of the molecule is CC[C@H]1C=CC(=O)O[C@H]1/C=C/[C@](O)(CCO)[C@H](O)C[C@@H](O)/C=C\C=C/[C@@H]1CCC[C@H](O)C1. The van der Waals surface area contributed by atoms with E-state index in [4.69, 9.17) is 4.74 Å². The zero-order chi connectivity index (χ0) is 23.6. The summed E-state index contributed by atoms with van der Waals surface area (Å²) >= 11 is 0. The van der Waals surface area contributed by atoms with Crippen LogP contribution < -0.4 is 0 Å². The standard InChI is InChI=1S/C25H38O7/c1-2-19-10-11-24(30)32-22(19)12-13-25(31,14-15-26)23(29)17-21(28)8-4-3-6-18-7-5-9-20(27)16-18/h3-4,6,8,10-13,18-23,26-29,31H,2,5,7,9,14-17H2,1H3/b6-3-,8-4-,13-12+/t18-,19+,20+,21+,22+,23-,25+/m1/s1. The van der Waals surface area contributed by atoms with Gasteiger partial charge in [0.05, 0.1) is 18.3 Å². The summed E-state index contributed by atoms with van der Waals surface area (Å²) in [4.78, 5) is 11.6. The van der Waals surface area contributed by atoms with Crippen LogP contribution in [-0.2, 0) is 9.53 Å². The summed E-state index contributed by atoms with van der Waals surface area (Å²) in [5.74, 6) is -0.182. The number of carbonyl (C=O) groups is 1. The molecule has 180 valence electrons. The molecule has 1 fully saturated rings. The topological polar surface area (TPSA) is 127 Å². The third kappa shape index (κ3) is 8.30. The Labute approximate surface area is 190 Å². The molecule has 0 bridgehead atoms. The van der Waals surface area contributed by atoms with Gasteiger partial charge in [0.15, 0.2) is 0 Å². The van der Waals surface area contributed by atoms with Crippen LogP contribution in [0, 0.1) is 11.8 Å². The lowest BCUT2D eigenvalue weighted by molar-refractivity contribution is -0.143. The van der Waals surface area contributed by atoms with Crippen LogP contribution in [-0.4, -0.2) is 68.1 Å². The first-order chi connectivity index (χ1) is 15.3. The second-order valence-corrected chi connectivity index (χ2v) is 8.83. The molecule has 1 aliphatic carbocycles. The van der Waals surface area contributed by atoms with Crippen molar-refractivity contribution in [2.75, 3.05) is 6.61 Å². The third-order valence-corrected chi connectivity index (χ3v) is 6.27. The van der Waals surface area contributed by atoms with Gasteiger partial charge in [-0.2, -0.15) is 0 Å². The Balaban J connectivity index is 1.94. The molecule has 0 aromatic carbocycles. The fourth-order valence-corrected chi connectivity index (χ4v) is 4.23. The fraction of sp³-hybridized carbons (Fsp3) is 0.640. The second kappa shape index (κ2) is 13.1. The van der Waals surface area contributed by atoms with Gasteiger partial charge in [0.1, 0.15) is 11.7 Å². The lowest BCUT2D eigenvalue weighted by Crippen LogP contribution is -2.43. The zero-order valence-corrected chi connectivity index (χ0v) is 18.8. The van der Waals surface area contributed by atoms with E-state index in [0.717, 1.165) is 32.1 Å². The minimum Gasteiger partial charge on any atom is -0.454 e. The minimum absolute atomic E-state index is 0.0370. The van der Waals surface area contributed by atoms with Crippen LogP contribution in [0.5, 0.6) is 0 Å². The molecule has 7 nitrogen and oxygen atoms in total. The Bertz CT molecular complexity index is 698. The third-order valence-electron chi connectivity index (χ3n) is 6.27. The summed E-state index contributed by atoms with van der Waals surface area (Å²) < 4.78 is 5.29. The van der Waals surface area contributed by atoms with Crippen LogP contribution >= 0.6 is 0 Å². The van der Waals surface area contributed by atoms with Crippen molar-refractivity contribution in [3.63, 3.8) is 0 Å². The van der Waals surface area contributed by atoms with Gasteiger partial charge in [-0.05, 0) is 37.7 Å². The quantitative estimate of drug-likeness (QED) is 0.185. The van der Waals surface area contributed by atoms with E-state index >= 15 is 0 Å². The highest BCUT2D eigenvalue weighted by molar-refractivity contribution is 5.83. The molecule has 32 heavy (non-hydrogen) atoms. The number of aliphatic hydroxyl groups is 5. The number of ether oxygens (including phenoxy) is 1. The molecule has 7 atom stereocenters. The molecule has 0 spiro atoms. The van der Waals surface area contributed by atoms with Crippen LogP contribution in [0.25, 0.3) is 0 Å². The van der Waals surface area contributed by atoms with Crippen molar-refractivity contribution in [3.8, 4) is 0 Å². The maximum Gasteiger partial charge on any atom is 0.331 e. The smallest absolute Gasteiger partial charge is 0.331 e. The second-order valence-electron chi connectivity index (χ2n) is 8.83. The molecule has 0 saturated heterocycles. The van der Waals surface area contributed by atoms with Gasteiger partial charge >= 0.3 is 5.97 Å². The van der Waals surface area contributed by atoms with Crippen LogP contribution in [0.1, 0.15) is 51.9 Å². The number of hydrogen-bond donors (Lipinski definition) is 5. The van der Waals surface area contributed by atoms with Gasteiger partial charge in [0, 0.05) is 31.4 Å². The summed E-state index contributed by atoms with van der Waals surface area (Å²) in [6.45, 7) is 1.60. The van der Waals surface area contributed by atoms with Gasteiger partial charge < -0.3 is 30.3 Å². The number of hydrogen-bond acceptors (Lipinski definition) is 7. The first-order valence-electron chi connectivity index (χ1n) is 11.6. The van der Waals surface area contributed by atoms with Crippen molar-refractivity contribution in [1.82, 2.24) is 0 Å². The van der Waals surface area contributed by atoms with E-state index < -0.39 is 29.9 Å². The number of rotatable bonds is 11. The largest absolute Gasteiger partial charge is 0.454 e. The van der Waals surface area contributed by atoms with Crippen molar-refractivity contribution in [2.45, 2.75) is 81.9 Å². The average Bonchev–Trinajstić information content (AvgIpc) is 2.75. The molecule has 2 rings (SSSR count). The molecule has 1 aliphatic heterocycles. The molecule has 1 heterocycles. The molecule has 0 amide bonds. The van der Waals surface area contributed by atoms with E-state index in [1.807, 2.05) is 19.1 Å². The van der Waals surface area contributed by atoms with Crippen molar-refractivity contribution in [3.05, 3.63) is 48.6 Å². The van der Waals surface area contributed by atoms with E-state index in [0.29, 0.717) is 5.92 Å². The van der Waals surface area contributed by atoms with Crippen LogP contribution in [0.3, 0.4) is 0 Å². The lowest BCUT2D eigenvalue weighted by atomic mass is 9.86. The molecular formula is C25H38O7. The van der Waals surface area contributed by atoms with Crippen LogP contribution in [0.4, 0.5) is 0 Å². The number of cyclic esters (lactones) is 1. The fourth-order valence-electron chi connectivity index (χ4n) is 4.23. The van der Waals surface area contributed by atoms with Gasteiger partial charge in [-0.15, -0.1) is 0 Å². The highest BCUT2D eigenvalue weighted by Crippen LogP contribution is 2.26. The first kappa shape index (κ1) is 26.5. The predicted molar refractivity (Wildman–Crippen MR) is 121 cm³/mol. The molecular weight excluding hydrogens is 412 g/mol. The summed E-state index contributed by atoms with van der Waals surface area (Å²) in [7, 11) is 0. The summed E-state index contributed by atoms with van der Waals surface area (Å²) in [6.07, 6.45) is 14.1. The maximum absolute atomic E-state index is 11.6. The van der Waals surface area contributed by atoms with E-state index in [9.17, 15) is 30.3 Å². The Kier molecular flexibility index (Phi) is 10.8. The van der Waals surface area contributed by atoms with E-state index in [1.54, 1.807) is 12.2 Å². The number of allylic oxidation sites excluding steroid dienone is 3. The molecule has 0 radical (unpaired) electrons.